The third kappa shape index (κ3) is 3.78. The highest BCUT2D eigenvalue weighted by atomic mass is 32.2. The van der Waals surface area contributed by atoms with Crippen molar-refractivity contribution in [1.29, 1.82) is 0 Å². The van der Waals surface area contributed by atoms with E-state index in [1.165, 1.54) is 11.8 Å². The molecular formula is C22H18N6O2S. The lowest BCUT2D eigenvalue weighted by molar-refractivity contribution is 0.336. The molecular weight excluding hydrogens is 412 g/mol. The van der Waals surface area contributed by atoms with Crippen molar-refractivity contribution in [3.05, 3.63) is 52.7 Å². The Morgan fingerprint density at radius 2 is 2.13 bits per heavy atom. The number of hydrogen-bond acceptors (Lipinski definition) is 8. The minimum Gasteiger partial charge on any atom is -0.354 e. The molecule has 0 spiro atoms. The second-order valence-corrected chi connectivity index (χ2v) is 8.17. The Morgan fingerprint density at radius 1 is 1.26 bits per heavy atom. The molecule has 9 heteroatoms. The molecule has 0 unspecified atom stereocenters. The molecule has 3 heterocycles. The van der Waals surface area contributed by atoms with Crippen LogP contribution in [0.4, 0.5) is 0 Å². The van der Waals surface area contributed by atoms with E-state index in [0.717, 1.165) is 46.4 Å². The molecule has 5 rings (SSSR count). The molecule has 0 saturated heterocycles. The second kappa shape index (κ2) is 7.89. The van der Waals surface area contributed by atoms with E-state index in [4.69, 9.17) is 9.05 Å². The summed E-state index contributed by atoms with van der Waals surface area (Å²) < 4.78 is 12.8. The molecule has 1 aromatic carbocycles. The summed E-state index contributed by atoms with van der Waals surface area (Å²) in [4.78, 5) is 8.21. The molecule has 0 radical (unpaired) electrons. The van der Waals surface area contributed by atoms with Gasteiger partial charge < -0.3 is 9.05 Å². The van der Waals surface area contributed by atoms with Gasteiger partial charge >= 0.3 is 0 Å². The van der Waals surface area contributed by atoms with Gasteiger partial charge in [0.05, 0.1) is 28.4 Å². The Kier molecular flexibility index (Phi) is 4.92. The Morgan fingerprint density at radius 3 is 2.94 bits per heavy atom. The van der Waals surface area contributed by atoms with Crippen molar-refractivity contribution in [3.63, 3.8) is 0 Å². The van der Waals surface area contributed by atoms with Crippen LogP contribution in [0.1, 0.15) is 47.0 Å². The highest BCUT2D eigenvalue weighted by Gasteiger charge is 2.29. The van der Waals surface area contributed by atoms with Gasteiger partial charge in [-0.3, -0.25) is 9.67 Å². The van der Waals surface area contributed by atoms with E-state index in [2.05, 4.69) is 43.9 Å². The van der Waals surface area contributed by atoms with Crippen molar-refractivity contribution in [2.24, 2.45) is 12.0 Å². The van der Waals surface area contributed by atoms with Crippen LogP contribution in [0.5, 0.6) is 0 Å². The van der Waals surface area contributed by atoms with E-state index in [1.54, 1.807) is 17.1 Å². The van der Waals surface area contributed by atoms with E-state index < -0.39 is 0 Å². The van der Waals surface area contributed by atoms with Crippen LogP contribution in [0.25, 0.3) is 17.0 Å². The highest BCUT2D eigenvalue weighted by Crippen LogP contribution is 2.40. The zero-order chi connectivity index (χ0) is 21.4. The van der Waals surface area contributed by atoms with E-state index >= 15 is 0 Å². The lowest BCUT2D eigenvalue weighted by atomic mass is 10.1. The average Bonchev–Trinajstić information content (AvgIpc) is 3.22. The fourth-order valence-corrected chi connectivity index (χ4v) is 3.88. The number of fused-ring (bicyclic) bond motifs is 1. The van der Waals surface area contributed by atoms with E-state index in [1.807, 2.05) is 32.2 Å². The predicted molar refractivity (Wildman–Crippen MR) is 117 cm³/mol. The van der Waals surface area contributed by atoms with E-state index in [9.17, 15) is 0 Å². The summed E-state index contributed by atoms with van der Waals surface area (Å²) in [5.74, 6) is 7.63. The van der Waals surface area contributed by atoms with Gasteiger partial charge in [-0.2, -0.15) is 10.1 Å². The van der Waals surface area contributed by atoms with Gasteiger partial charge in [0.1, 0.15) is 0 Å². The Labute approximate surface area is 182 Å². The maximum Gasteiger partial charge on any atom is 0.292 e. The van der Waals surface area contributed by atoms with Crippen molar-refractivity contribution in [2.75, 3.05) is 0 Å². The maximum atomic E-state index is 5.67. The van der Waals surface area contributed by atoms with Gasteiger partial charge in [-0.1, -0.05) is 28.2 Å². The molecule has 0 N–H and O–H groups in total. The number of hydrogen-bond donors (Lipinski definition) is 0. The number of rotatable bonds is 5. The summed E-state index contributed by atoms with van der Waals surface area (Å²) in [6.07, 6.45) is 7.40. The van der Waals surface area contributed by atoms with Gasteiger partial charge in [-0.25, -0.2) is 0 Å². The first-order valence-electron chi connectivity index (χ1n) is 9.71. The monoisotopic (exact) mass is 430 g/mol. The topological polar surface area (TPSA) is 95.1 Å². The van der Waals surface area contributed by atoms with Crippen LogP contribution in [0.3, 0.4) is 0 Å². The lowest BCUT2D eigenvalue weighted by Gasteiger charge is -1.98. The molecule has 4 aromatic rings. The smallest absolute Gasteiger partial charge is 0.292 e. The quantitative estimate of drug-likeness (QED) is 0.343. The molecule has 31 heavy (non-hydrogen) atoms. The third-order valence-corrected chi connectivity index (χ3v) is 5.84. The first-order chi connectivity index (χ1) is 15.1. The van der Waals surface area contributed by atoms with Crippen LogP contribution in [-0.4, -0.2) is 31.8 Å². The number of aryl methyl sites for hydroxylation is 2. The van der Waals surface area contributed by atoms with Crippen LogP contribution >= 0.6 is 11.8 Å². The van der Waals surface area contributed by atoms with Gasteiger partial charge in [-0.05, 0) is 56.0 Å². The first-order valence-corrected chi connectivity index (χ1v) is 10.5. The molecule has 1 fully saturated rings. The van der Waals surface area contributed by atoms with Crippen LogP contribution in [0.15, 0.2) is 48.8 Å². The van der Waals surface area contributed by atoms with Crippen molar-refractivity contribution < 1.29 is 9.05 Å². The maximum absolute atomic E-state index is 5.67. The lowest BCUT2D eigenvalue weighted by Crippen LogP contribution is -1.93. The zero-order valence-electron chi connectivity index (χ0n) is 17.0. The molecule has 0 amide bonds. The van der Waals surface area contributed by atoms with Crippen molar-refractivity contribution in [2.45, 2.75) is 35.9 Å². The summed E-state index contributed by atoms with van der Waals surface area (Å²) >= 11 is 1.30. The van der Waals surface area contributed by atoms with Crippen molar-refractivity contribution in [3.8, 4) is 11.8 Å². The number of nitrogens with zero attached hydrogens (tertiary/aromatic N) is 6. The summed E-state index contributed by atoms with van der Waals surface area (Å²) in [5, 5.41) is 14.5. The van der Waals surface area contributed by atoms with Gasteiger partial charge in [-0.15, -0.1) is 0 Å². The summed E-state index contributed by atoms with van der Waals surface area (Å²) in [7, 11) is 1.85. The zero-order valence-corrected chi connectivity index (χ0v) is 17.8. The molecule has 1 aliphatic carbocycles. The fourth-order valence-electron chi connectivity index (χ4n) is 3.16. The third-order valence-electron chi connectivity index (χ3n) is 5.01. The average molecular weight is 430 g/mol. The minimum absolute atomic E-state index is 0.436. The Hall–Kier alpha value is -3.64. The SMILES string of the molecule is C=N/C=C\c1c(C#Cc2c(C)ccc3c(Sc4nc(C5CC5)no4)noc23)cnn1C. The van der Waals surface area contributed by atoms with Crippen LogP contribution in [0, 0.1) is 18.8 Å². The molecule has 0 atom stereocenters. The summed E-state index contributed by atoms with van der Waals surface area (Å²) in [6.45, 7) is 5.46. The van der Waals surface area contributed by atoms with Crippen molar-refractivity contribution in [1.82, 2.24) is 25.1 Å². The van der Waals surface area contributed by atoms with Gasteiger partial charge in [0, 0.05) is 19.2 Å². The Bertz CT molecular complexity index is 1380. The van der Waals surface area contributed by atoms with E-state index in [0.29, 0.717) is 21.7 Å². The molecule has 8 nitrogen and oxygen atoms in total. The fraction of sp³-hybridized carbons (Fsp3) is 0.227. The number of benzene rings is 1. The van der Waals surface area contributed by atoms with Gasteiger partial charge in [0.15, 0.2) is 16.4 Å². The van der Waals surface area contributed by atoms with Gasteiger partial charge in [0.25, 0.3) is 5.22 Å². The van der Waals surface area contributed by atoms with Crippen LogP contribution in [0.2, 0.25) is 0 Å². The van der Waals surface area contributed by atoms with E-state index in [-0.39, 0.29) is 0 Å². The largest absolute Gasteiger partial charge is 0.354 e. The normalized spacial score (nSPS) is 13.6. The molecule has 154 valence electrons. The molecule has 1 saturated carbocycles. The van der Waals surface area contributed by atoms with Crippen LogP contribution in [-0.2, 0) is 7.05 Å². The number of aliphatic imine (C=N–C) groups is 1. The predicted octanol–water partition coefficient (Wildman–Crippen LogP) is 4.35. The van der Waals surface area contributed by atoms with Crippen LogP contribution < -0.4 is 0 Å². The Balaban J connectivity index is 1.49. The standard InChI is InChI=1S/C22H18N6O2S/c1-13-4-8-17-19(16(13)9-7-15-12-24-28(3)18(15)10-11-23-2)29-27-21(17)31-22-25-20(26-30-22)14-5-6-14/h4,8,10-12,14H,2,5-6H2,1,3H3/b11-10-. The highest BCUT2D eigenvalue weighted by molar-refractivity contribution is 7.99. The number of aromatic nitrogens is 5. The minimum atomic E-state index is 0.436. The molecule has 0 bridgehead atoms. The van der Waals surface area contributed by atoms with Gasteiger partial charge in [0.2, 0.25) is 0 Å². The second-order valence-electron chi connectivity index (χ2n) is 7.23. The molecule has 1 aliphatic rings. The first kappa shape index (κ1) is 19.3. The van der Waals surface area contributed by atoms with Crippen molar-refractivity contribution >= 4 is 35.5 Å². The summed E-state index contributed by atoms with van der Waals surface area (Å²) in [5.41, 5.74) is 4.04. The molecule has 3 aromatic heterocycles. The summed E-state index contributed by atoms with van der Waals surface area (Å²) in [6, 6.07) is 3.98. The molecule has 0 aliphatic heterocycles.